The average molecular weight is 895 g/mol. The topological polar surface area (TPSA) is 26.3 Å². The largest absolute Gasteiger partial charge is 0.452 e. The molecule has 0 fully saturated rings. The number of para-hydroxylation sites is 4. The molecule has 0 N–H and O–H groups in total. The molecule has 3 aliphatic carbocycles. The first-order chi connectivity index (χ1) is 33.3. The van der Waals surface area contributed by atoms with Gasteiger partial charge in [-0.2, -0.15) is 0 Å². The van der Waals surface area contributed by atoms with Gasteiger partial charge in [-0.25, -0.2) is 8.78 Å². The van der Waals surface area contributed by atoms with Crippen molar-refractivity contribution in [1.29, 1.82) is 0 Å². The Kier molecular flexibility index (Phi) is 7.29. The van der Waals surface area contributed by atoms with E-state index in [1.54, 1.807) is 12.1 Å². The van der Waals surface area contributed by atoms with Crippen molar-refractivity contribution in [2.24, 2.45) is 0 Å². The molecule has 15 rings (SSSR count). The third-order valence-corrected chi connectivity index (χ3v) is 16.8. The lowest BCUT2D eigenvalue weighted by Crippen LogP contribution is -2.17. The van der Waals surface area contributed by atoms with Gasteiger partial charge < -0.3 is 8.83 Å². The van der Waals surface area contributed by atoms with Crippen LogP contribution in [0.2, 0.25) is 0 Å². The van der Waals surface area contributed by atoms with Crippen molar-refractivity contribution in [1.82, 2.24) is 0 Å². The van der Waals surface area contributed by atoms with Gasteiger partial charge in [0.1, 0.15) is 11.2 Å². The first-order valence-corrected chi connectivity index (χ1v) is 24.0. The molecule has 2 aromatic heterocycles. The summed E-state index contributed by atoms with van der Waals surface area (Å²) in [4.78, 5) is 0. The van der Waals surface area contributed by atoms with E-state index in [0.29, 0.717) is 22.3 Å². The Balaban J connectivity index is 0.910. The molecular weight excluding hydrogens is 851 g/mol. The number of fused-ring (bicyclic) bond motifs is 19. The van der Waals surface area contributed by atoms with E-state index >= 15 is 8.78 Å². The zero-order valence-electron chi connectivity index (χ0n) is 39.1. The molecule has 0 saturated carbocycles. The highest BCUT2D eigenvalue weighted by Gasteiger charge is 2.46. The number of rotatable bonds is 2. The van der Waals surface area contributed by atoms with E-state index in [9.17, 15) is 0 Å². The second kappa shape index (κ2) is 12.8. The van der Waals surface area contributed by atoms with Crippen LogP contribution in [0.4, 0.5) is 8.78 Å². The zero-order chi connectivity index (χ0) is 46.6. The van der Waals surface area contributed by atoms with Crippen molar-refractivity contribution in [3.63, 3.8) is 0 Å². The van der Waals surface area contributed by atoms with Crippen LogP contribution in [0.3, 0.4) is 0 Å². The molecule has 0 atom stereocenters. The number of furan rings is 2. The number of halogens is 2. The second-order valence-corrected chi connectivity index (χ2v) is 21.3. The van der Waals surface area contributed by atoms with Crippen LogP contribution in [0.15, 0.2) is 167 Å². The van der Waals surface area contributed by atoms with Crippen molar-refractivity contribution in [2.45, 2.75) is 57.8 Å². The quantitative estimate of drug-likeness (QED) is 0.173. The molecule has 0 saturated heterocycles. The lowest BCUT2D eigenvalue weighted by molar-refractivity contribution is 0.584. The minimum atomic E-state index is -0.351. The highest BCUT2D eigenvalue weighted by atomic mass is 19.1. The fraction of sp³-hybridized carbons (Fsp3) is 0.138. The second-order valence-electron chi connectivity index (χ2n) is 21.3. The molecule has 0 unspecified atom stereocenters. The van der Waals surface area contributed by atoms with Crippen LogP contribution in [-0.2, 0) is 16.2 Å². The van der Waals surface area contributed by atoms with E-state index in [1.165, 1.54) is 89.7 Å². The van der Waals surface area contributed by atoms with E-state index in [1.807, 2.05) is 24.3 Å². The summed E-state index contributed by atoms with van der Waals surface area (Å²) in [6, 6.07) is 55.1. The van der Waals surface area contributed by atoms with Gasteiger partial charge in [0.05, 0.1) is 0 Å². The maximum Gasteiger partial charge on any atom is 0.171 e. The van der Waals surface area contributed by atoms with Gasteiger partial charge in [-0.05, 0) is 148 Å². The number of benzene rings is 10. The Morgan fingerprint density at radius 3 is 1.00 bits per heavy atom. The Morgan fingerprint density at radius 2 is 0.580 bits per heavy atom. The first kappa shape index (κ1) is 39.2. The Bertz CT molecular complexity index is 4080. The molecular formula is C65H44F2O2. The van der Waals surface area contributed by atoms with Crippen molar-refractivity contribution in [3.8, 4) is 55.6 Å². The van der Waals surface area contributed by atoms with Crippen LogP contribution in [0.25, 0.3) is 121 Å². The van der Waals surface area contributed by atoms with Crippen molar-refractivity contribution < 1.29 is 17.6 Å². The average Bonchev–Trinajstić information content (AvgIpc) is 4.10. The van der Waals surface area contributed by atoms with Crippen LogP contribution < -0.4 is 0 Å². The molecule has 0 bridgehead atoms. The van der Waals surface area contributed by atoms with Crippen molar-refractivity contribution >= 4 is 65.4 Å². The standard InChI is InChI=1S/C65H44F2O2/c1-63(2)49-31-47-51(64(3,4)53-27-43(33-15-7-9-17-35(33)57(47)53)41-21-11-19-37-39-23-13-25-55(66)61(39)68-59(37)41)29-45(49)46-30-52-48(32-50(46)63)58-36-18-10-8-16-34(36)44(28-54(58)65(52,5)6)42-22-12-20-38-40-24-14-26-56(67)62(40)69-60(38)42/h7-32H,1-6H3. The van der Waals surface area contributed by atoms with Crippen LogP contribution in [-0.4, -0.2) is 0 Å². The fourth-order valence-corrected chi connectivity index (χ4v) is 13.3. The van der Waals surface area contributed by atoms with E-state index in [2.05, 4.69) is 151 Å². The maximum atomic E-state index is 15.2. The summed E-state index contributed by atoms with van der Waals surface area (Å²) in [6.07, 6.45) is 0. The lowest BCUT2D eigenvalue weighted by atomic mass is 9.78. The minimum absolute atomic E-state index is 0.279. The normalized spacial score (nSPS) is 15.6. The molecule has 2 heterocycles. The SMILES string of the molecule is CC1(C)c2cc3c(cc2-c2cc4c(cc21)-c1c(cc(-c2cccc5c2oc2c(F)cccc25)c2ccccc12)C4(C)C)C(C)(C)c1cc(-c2cccc4c2oc2c(F)cccc24)c2ccccc2c1-3. The van der Waals surface area contributed by atoms with E-state index < -0.39 is 0 Å². The third-order valence-electron chi connectivity index (χ3n) is 16.8. The molecule has 69 heavy (non-hydrogen) atoms. The molecule has 12 aromatic rings. The van der Waals surface area contributed by atoms with Gasteiger partial charge in [0.2, 0.25) is 0 Å². The molecule has 0 amide bonds. The summed E-state index contributed by atoms with van der Waals surface area (Å²) < 4.78 is 43.2. The summed E-state index contributed by atoms with van der Waals surface area (Å²) in [5, 5.41) is 8.10. The summed E-state index contributed by atoms with van der Waals surface area (Å²) >= 11 is 0. The molecule has 2 nitrogen and oxygen atoms in total. The summed E-state index contributed by atoms with van der Waals surface area (Å²) in [7, 11) is 0. The summed E-state index contributed by atoms with van der Waals surface area (Å²) in [5.41, 5.74) is 20.8. The molecule has 0 aliphatic heterocycles. The number of hydrogen-bond acceptors (Lipinski definition) is 2. The smallest absolute Gasteiger partial charge is 0.171 e. The maximum absolute atomic E-state index is 15.2. The van der Waals surface area contributed by atoms with Gasteiger partial charge in [-0.1, -0.05) is 151 Å². The highest BCUT2D eigenvalue weighted by Crippen LogP contribution is 2.62. The lowest BCUT2D eigenvalue weighted by Gasteiger charge is -2.25. The molecule has 330 valence electrons. The minimum Gasteiger partial charge on any atom is -0.452 e. The Labute approximate surface area is 397 Å². The molecule has 4 heteroatoms. The predicted octanol–water partition coefficient (Wildman–Crippen LogP) is 18.3. The van der Waals surface area contributed by atoms with Crippen LogP contribution in [0, 0.1) is 11.6 Å². The van der Waals surface area contributed by atoms with Gasteiger partial charge in [-0.15, -0.1) is 0 Å². The Morgan fingerprint density at radius 1 is 0.275 bits per heavy atom. The molecule has 0 radical (unpaired) electrons. The fourth-order valence-electron chi connectivity index (χ4n) is 13.3. The van der Waals surface area contributed by atoms with Crippen LogP contribution in [0.1, 0.15) is 74.9 Å². The van der Waals surface area contributed by atoms with Gasteiger partial charge in [0, 0.05) is 48.9 Å². The van der Waals surface area contributed by atoms with E-state index in [0.717, 1.165) is 54.6 Å². The Hall–Kier alpha value is -7.82. The van der Waals surface area contributed by atoms with Crippen LogP contribution in [0.5, 0.6) is 0 Å². The first-order valence-electron chi connectivity index (χ1n) is 24.0. The van der Waals surface area contributed by atoms with Crippen molar-refractivity contribution in [3.05, 3.63) is 203 Å². The number of hydrogen-bond donors (Lipinski definition) is 0. The van der Waals surface area contributed by atoms with Gasteiger partial charge in [0.15, 0.2) is 22.8 Å². The van der Waals surface area contributed by atoms with E-state index in [4.69, 9.17) is 8.83 Å². The predicted molar refractivity (Wildman–Crippen MR) is 279 cm³/mol. The zero-order valence-corrected chi connectivity index (χ0v) is 39.1. The van der Waals surface area contributed by atoms with Gasteiger partial charge >= 0.3 is 0 Å². The molecule has 3 aliphatic rings. The molecule has 0 spiro atoms. The molecule has 10 aromatic carbocycles. The van der Waals surface area contributed by atoms with Gasteiger partial charge in [-0.3, -0.25) is 0 Å². The van der Waals surface area contributed by atoms with E-state index in [-0.39, 0.29) is 27.9 Å². The monoisotopic (exact) mass is 894 g/mol. The summed E-state index contributed by atoms with van der Waals surface area (Å²) in [6.45, 7) is 14.3. The highest BCUT2D eigenvalue weighted by molar-refractivity contribution is 6.17. The van der Waals surface area contributed by atoms with Crippen molar-refractivity contribution in [2.75, 3.05) is 0 Å². The summed E-state index contributed by atoms with van der Waals surface area (Å²) in [5.74, 6) is -0.702. The van der Waals surface area contributed by atoms with Gasteiger partial charge in [0.25, 0.3) is 0 Å². The third kappa shape index (κ3) is 4.79. The van der Waals surface area contributed by atoms with Crippen LogP contribution >= 0.6 is 0 Å².